The Morgan fingerprint density at radius 3 is 2.10 bits per heavy atom. The van der Waals surface area contributed by atoms with E-state index in [0.29, 0.717) is 17.0 Å². The standard InChI is InChI=1S/C22H30N2O4Si/c1-15(25)14-20(26)24-21(16-6-10-18(28-2)11-7-16)22(27)23-17-8-12-19(13-9-17)29(3,4)5/h6-13,15,21,25H,14H2,1-5H3,(H,23,27)(H,24,26). The van der Waals surface area contributed by atoms with E-state index >= 15 is 0 Å². The second-order valence-electron chi connectivity index (χ2n) is 8.14. The van der Waals surface area contributed by atoms with E-state index in [-0.39, 0.29) is 12.3 Å². The Hall–Kier alpha value is -2.64. The van der Waals surface area contributed by atoms with Crippen molar-refractivity contribution in [2.24, 2.45) is 0 Å². The molecule has 0 radical (unpaired) electrons. The van der Waals surface area contributed by atoms with Crippen LogP contribution >= 0.6 is 0 Å². The lowest BCUT2D eigenvalue weighted by Gasteiger charge is -2.21. The van der Waals surface area contributed by atoms with Crippen LogP contribution in [-0.4, -0.2) is 38.2 Å². The number of methoxy groups -OCH3 is 1. The third kappa shape index (κ3) is 6.72. The minimum absolute atomic E-state index is 0.0785. The van der Waals surface area contributed by atoms with Crippen LogP contribution in [0, 0.1) is 0 Å². The van der Waals surface area contributed by atoms with Gasteiger partial charge in [-0.05, 0) is 36.8 Å². The molecule has 0 aromatic heterocycles. The molecule has 7 heteroatoms. The zero-order valence-electron chi connectivity index (χ0n) is 17.7. The average molecular weight is 415 g/mol. The van der Waals surface area contributed by atoms with Gasteiger partial charge in [-0.3, -0.25) is 9.59 Å². The summed E-state index contributed by atoms with van der Waals surface area (Å²) in [5.74, 6) is -0.0925. The van der Waals surface area contributed by atoms with E-state index < -0.39 is 26.1 Å². The Labute approximate surface area is 173 Å². The molecule has 0 aliphatic rings. The van der Waals surface area contributed by atoms with Gasteiger partial charge in [0, 0.05) is 5.69 Å². The van der Waals surface area contributed by atoms with Gasteiger partial charge in [0.25, 0.3) is 5.91 Å². The van der Waals surface area contributed by atoms with Crippen LogP contribution in [0.25, 0.3) is 0 Å². The fourth-order valence-corrected chi connectivity index (χ4v) is 4.02. The molecule has 0 fully saturated rings. The van der Waals surface area contributed by atoms with Crippen LogP contribution in [0.4, 0.5) is 5.69 Å². The lowest BCUT2D eigenvalue weighted by Crippen LogP contribution is -2.38. The summed E-state index contributed by atoms with van der Waals surface area (Å²) in [5.41, 5.74) is 1.29. The molecular weight excluding hydrogens is 384 g/mol. The van der Waals surface area contributed by atoms with Crippen LogP contribution in [0.5, 0.6) is 5.75 Å². The van der Waals surface area contributed by atoms with E-state index in [1.165, 1.54) is 12.1 Å². The van der Waals surface area contributed by atoms with E-state index in [9.17, 15) is 14.7 Å². The summed E-state index contributed by atoms with van der Waals surface area (Å²) < 4.78 is 5.16. The SMILES string of the molecule is COc1ccc(C(NC(=O)CC(C)O)C(=O)Nc2ccc([Si](C)(C)C)cc2)cc1. The summed E-state index contributed by atoms with van der Waals surface area (Å²) in [6, 6.07) is 13.9. The molecule has 2 aromatic rings. The molecule has 0 heterocycles. The monoisotopic (exact) mass is 414 g/mol. The number of hydrogen-bond donors (Lipinski definition) is 3. The molecule has 2 rings (SSSR count). The van der Waals surface area contributed by atoms with E-state index in [1.807, 2.05) is 24.3 Å². The van der Waals surface area contributed by atoms with Gasteiger partial charge in [0.2, 0.25) is 5.91 Å². The van der Waals surface area contributed by atoms with Crippen LogP contribution in [0.2, 0.25) is 19.6 Å². The molecular formula is C22H30N2O4Si. The van der Waals surface area contributed by atoms with Crippen molar-refractivity contribution in [2.75, 3.05) is 12.4 Å². The maximum atomic E-state index is 13.0. The Morgan fingerprint density at radius 1 is 1.03 bits per heavy atom. The topological polar surface area (TPSA) is 87.7 Å². The number of benzene rings is 2. The van der Waals surface area contributed by atoms with E-state index in [1.54, 1.807) is 31.4 Å². The van der Waals surface area contributed by atoms with Gasteiger partial charge in [-0.1, -0.05) is 49.1 Å². The summed E-state index contributed by atoms with van der Waals surface area (Å²) >= 11 is 0. The number of carbonyl (C=O) groups excluding carboxylic acids is 2. The van der Waals surface area contributed by atoms with Crippen molar-refractivity contribution in [3.63, 3.8) is 0 Å². The number of ether oxygens (including phenoxy) is 1. The molecule has 0 bridgehead atoms. The first-order valence-corrected chi connectivity index (χ1v) is 13.1. The van der Waals surface area contributed by atoms with Crippen molar-refractivity contribution in [1.82, 2.24) is 5.32 Å². The highest BCUT2D eigenvalue weighted by atomic mass is 28.3. The summed E-state index contributed by atoms with van der Waals surface area (Å²) in [5, 5.41) is 16.4. The molecule has 3 N–H and O–H groups in total. The molecule has 0 aliphatic heterocycles. The molecule has 0 saturated carbocycles. The normalized spacial score (nSPS) is 13.3. The fourth-order valence-electron chi connectivity index (χ4n) is 2.85. The number of amides is 2. The Bertz CT molecular complexity index is 827. The minimum Gasteiger partial charge on any atom is -0.497 e. The Kier molecular flexibility index (Phi) is 7.58. The quantitative estimate of drug-likeness (QED) is 0.580. The zero-order chi connectivity index (χ0) is 21.6. The van der Waals surface area contributed by atoms with Crippen LogP contribution in [0.1, 0.15) is 24.9 Å². The highest BCUT2D eigenvalue weighted by Crippen LogP contribution is 2.20. The summed E-state index contributed by atoms with van der Waals surface area (Å²) in [4.78, 5) is 25.2. The lowest BCUT2D eigenvalue weighted by atomic mass is 10.0. The van der Waals surface area contributed by atoms with Crippen LogP contribution in [0.15, 0.2) is 48.5 Å². The Morgan fingerprint density at radius 2 is 1.62 bits per heavy atom. The largest absolute Gasteiger partial charge is 0.497 e. The maximum Gasteiger partial charge on any atom is 0.251 e. The predicted molar refractivity (Wildman–Crippen MR) is 118 cm³/mol. The number of hydrogen-bond acceptors (Lipinski definition) is 4. The average Bonchev–Trinajstić information content (AvgIpc) is 2.65. The molecule has 2 unspecified atom stereocenters. The third-order valence-corrected chi connectivity index (χ3v) is 6.58. The van der Waals surface area contributed by atoms with Crippen LogP contribution < -0.4 is 20.6 Å². The van der Waals surface area contributed by atoms with Gasteiger partial charge in [-0.15, -0.1) is 0 Å². The molecule has 156 valence electrons. The van der Waals surface area contributed by atoms with Crippen molar-refractivity contribution in [3.05, 3.63) is 54.1 Å². The molecule has 0 spiro atoms. The van der Waals surface area contributed by atoms with Gasteiger partial charge in [0.15, 0.2) is 0 Å². The summed E-state index contributed by atoms with van der Waals surface area (Å²) in [6.45, 7) is 8.32. The van der Waals surface area contributed by atoms with Crippen molar-refractivity contribution < 1.29 is 19.4 Å². The van der Waals surface area contributed by atoms with E-state index in [2.05, 4.69) is 30.3 Å². The smallest absolute Gasteiger partial charge is 0.251 e. The first kappa shape index (κ1) is 22.6. The highest BCUT2D eigenvalue weighted by Gasteiger charge is 2.24. The Balaban J connectivity index is 2.21. The van der Waals surface area contributed by atoms with Gasteiger partial charge in [-0.25, -0.2) is 0 Å². The number of anilines is 1. The van der Waals surface area contributed by atoms with Gasteiger partial charge >= 0.3 is 0 Å². The number of aliphatic hydroxyl groups is 1. The number of aliphatic hydroxyl groups excluding tert-OH is 1. The van der Waals surface area contributed by atoms with Crippen molar-refractivity contribution in [2.45, 2.75) is 45.1 Å². The molecule has 6 nitrogen and oxygen atoms in total. The van der Waals surface area contributed by atoms with Crippen molar-refractivity contribution in [3.8, 4) is 5.75 Å². The first-order valence-electron chi connectivity index (χ1n) is 9.63. The molecule has 2 atom stereocenters. The molecule has 29 heavy (non-hydrogen) atoms. The molecule has 0 aliphatic carbocycles. The summed E-state index contributed by atoms with van der Waals surface area (Å²) in [7, 11) is 0.141. The van der Waals surface area contributed by atoms with Crippen molar-refractivity contribution in [1.29, 1.82) is 0 Å². The van der Waals surface area contributed by atoms with E-state index in [0.717, 1.165) is 0 Å². The molecule has 2 aromatic carbocycles. The molecule has 0 saturated heterocycles. The lowest BCUT2D eigenvalue weighted by molar-refractivity contribution is -0.127. The van der Waals surface area contributed by atoms with Crippen LogP contribution in [0.3, 0.4) is 0 Å². The number of carbonyl (C=O) groups is 2. The second kappa shape index (κ2) is 9.71. The van der Waals surface area contributed by atoms with Crippen LogP contribution in [-0.2, 0) is 9.59 Å². The minimum atomic E-state index is -1.42. The zero-order valence-corrected chi connectivity index (χ0v) is 18.7. The second-order valence-corrected chi connectivity index (χ2v) is 13.2. The highest BCUT2D eigenvalue weighted by molar-refractivity contribution is 6.88. The van der Waals surface area contributed by atoms with Gasteiger partial charge in [0.05, 0.1) is 27.7 Å². The summed E-state index contributed by atoms with van der Waals surface area (Å²) in [6.07, 6.45) is -0.867. The van der Waals surface area contributed by atoms with E-state index in [4.69, 9.17) is 4.74 Å². The number of nitrogens with one attached hydrogen (secondary N) is 2. The first-order chi connectivity index (χ1) is 13.6. The molecule has 2 amide bonds. The van der Waals surface area contributed by atoms with Gasteiger partial charge in [-0.2, -0.15) is 0 Å². The fraction of sp³-hybridized carbons (Fsp3) is 0.364. The number of rotatable bonds is 8. The van der Waals surface area contributed by atoms with Crippen molar-refractivity contribution >= 4 is 30.8 Å². The van der Waals surface area contributed by atoms with Gasteiger partial charge < -0.3 is 20.5 Å². The maximum absolute atomic E-state index is 13.0. The predicted octanol–water partition coefficient (Wildman–Crippen LogP) is 2.81. The third-order valence-electron chi connectivity index (χ3n) is 4.52. The van der Waals surface area contributed by atoms with Gasteiger partial charge in [0.1, 0.15) is 11.8 Å².